The molecule has 9 heteroatoms. The third-order valence-corrected chi connectivity index (χ3v) is 7.17. The minimum atomic E-state index is 0. The van der Waals surface area contributed by atoms with Crippen LogP contribution in [-0.4, -0.2) is 50.6 Å². The summed E-state index contributed by atoms with van der Waals surface area (Å²) in [5.41, 5.74) is 23.1. The smallest absolute Gasteiger partial charge is 0.165 e. The number of pyridine rings is 2. The number of hydrogen-bond acceptors (Lipinski definition) is 7. The molecule has 0 atom stereocenters. The van der Waals surface area contributed by atoms with E-state index in [9.17, 15) is 0 Å². The molecular weight excluding hydrogens is 520 g/mol. The van der Waals surface area contributed by atoms with Crippen LogP contribution >= 0.6 is 11.6 Å². The fraction of sp³-hybridized carbons (Fsp3) is 0.258. The molecule has 0 aliphatic carbocycles. The molecular formula is C31H37ClN8. The predicted molar refractivity (Wildman–Crippen MR) is 166 cm³/mol. The van der Waals surface area contributed by atoms with Crippen molar-refractivity contribution in [2.75, 3.05) is 25.9 Å². The second-order valence-electron chi connectivity index (χ2n) is 9.54. The molecule has 6 rings (SSSR count). The zero-order chi connectivity index (χ0) is 27.4. The third-order valence-electron chi connectivity index (χ3n) is 6.94. The summed E-state index contributed by atoms with van der Waals surface area (Å²) in [7, 11) is 1.50. The number of piperidine rings is 1. The van der Waals surface area contributed by atoms with Gasteiger partial charge >= 0.3 is 0 Å². The molecule has 208 valence electrons. The fourth-order valence-corrected chi connectivity index (χ4v) is 5.11. The van der Waals surface area contributed by atoms with Crippen molar-refractivity contribution in [3.05, 3.63) is 89.6 Å². The maximum absolute atomic E-state index is 6.28. The van der Waals surface area contributed by atoms with Crippen molar-refractivity contribution in [1.82, 2.24) is 24.4 Å². The summed E-state index contributed by atoms with van der Waals surface area (Å²) in [5, 5.41) is 0.669. The molecule has 0 unspecified atom stereocenters. The Morgan fingerprint density at radius 2 is 1.68 bits per heavy atom. The first-order chi connectivity index (χ1) is 19.0. The molecule has 40 heavy (non-hydrogen) atoms. The SMILES string of the molecule is C.CN.Nc1ncccc1-c1nc2ccc(-c3cccc(Cl)c3)nc2n1-c1ccc(CN2CCC(N)CC2)cc1. The zero-order valence-electron chi connectivity index (χ0n) is 22.0. The lowest BCUT2D eigenvalue weighted by Crippen LogP contribution is -2.39. The summed E-state index contributed by atoms with van der Waals surface area (Å²) in [6.45, 7) is 2.99. The molecule has 1 saturated heterocycles. The highest BCUT2D eigenvalue weighted by Gasteiger charge is 2.20. The van der Waals surface area contributed by atoms with Crippen LogP contribution in [0.15, 0.2) is 79.0 Å². The number of nitrogen functional groups attached to an aromatic ring is 1. The standard InChI is InChI=1S/C29H28ClN7.CH5N.CH4/c30-21-4-1-3-20(17-21)25-10-11-26-29(34-25)37(28(35-26)24-5-2-14-33-27(24)32)23-8-6-19(7-9-23)18-36-15-12-22(31)13-16-36;1-2;/h1-11,14,17,22H,12-13,15-16,18,31H2,(H2,32,33);2H2,1H3;1H4. The Kier molecular flexibility index (Phi) is 9.50. The molecule has 5 aromatic rings. The van der Waals surface area contributed by atoms with Gasteiger partial charge in [0.15, 0.2) is 11.5 Å². The van der Waals surface area contributed by atoms with E-state index >= 15 is 0 Å². The summed E-state index contributed by atoms with van der Waals surface area (Å²) < 4.78 is 2.06. The van der Waals surface area contributed by atoms with Crippen LogP contribution < -0.4 is 17.2 Å². The second-order valence-corrected chi connectivity index (χ2v) is 9.97. The quantitative estimate of drug-likeness (QED) is 0.260. The van der Waals surface area contributed by atoms with Crippen LogP contribution in [0.3, 0.4) is 0 Å². The zero-order valence-corrected chi connectivity index (χ0v) is 22.7. The Hall–Kier alpha value is -3.82. The summed E-state index contributed by atoms with van der Waals surface area (Å²) in [5.74, 6) is 1.13. The van der Waals surface area contributed by atoms with Crippen molar-refractivity contribution in [1.29, 1.82) is 0 Å². The molecule has 1 aliphatic heterocycles. The summed E-state index contributed by atoms with van der Waals surface area (Å²) in [6, 6.07) is 24.4. The van der Waals surface area contributed by atoms with Gasteiger partial charge in [-0.1, -0.05) is 43.3 Å². The highest BCUT2D eigenvalue weighted by molar-refractivity contribution is 6.30. The topological polar surface area (TPSA) is 125 Å². The van der Waals surface area contributed by atoms with E-state index < -0.39 is 0 Å². The predicted octanol–water partition coefficient (Wildman–Crippen LogP) is 5.52. The van der Waals surface area contributed by atoms with E-state index in [-0.39, 0.29) is 7.43 Å². The number of fused-ring (bicyclic) bond motifs is 1. The normalized spacial score (nSPS) is 13.9. The van der Waals surface area contributed by atoms with Crippen molar-refractivity contribution in [3.8, 4) is 28.3 Å². The number of nitrogens with zero attached hydrogens (tertiary/aromatic N) is 5. The first-order valence-electron chi connectivity index (χ1n) is 13.1. The Labute approximate surface area is 240 Å². The van der Waals surface area contributed by atoms with E-state index in [1.807, 2.05) is 48.5 Å². The molecule has 0 amide bonds. The number of aromatic nitrogens is 4. The van der Waals surface area contributed by atoms with Gasteiger partial charge in [-0.2, -0.15) is 0 Å². The molecule has 1 aliphatic rings. The molecule has 3 aromatic heterocycles. The highest BCUT2D eigenvalue weighted by Crippen LogP contribution is 2.32. The monoisotopic (exact) mass is 556 g/mol. The highest BCUT2D eigenvalue weighted by atomic mass is 35.5. The summed E-state index contributed by atoms with van der Waals surface area (Å²) in [6.07, 6.45) is 3.79. The average molecular weight is 557 g/mol. The number of nitrogens with two attached hydrogens (primary N) is 3. The van der Waals surface area contributed by atoms with Crippen LogP contribution in [0.2, 0.25) is 5.02 Å². The first kappa shape index (κ1) is 29.2. The number of imidazole rings is 1. The Morgan fingerprint density at radius 1 is 0.925 bits per heavy atom. The average Bonchev–Trinajstić information content (AvgIpc) is 3.34. The number of hydrogen-bond donors (Lipinski definition) is 3. The molecule has 8 nitrogen and oxygen atoms in total. The summed E-state index contributed by atoms with van der Waals surface area (Å²) in [4.78, 5) is 16.7. The van der Waals surface area contributed by atoms with Crippen molar-refractivity contribution in [3.63, 3.8) is 0 Å². The Morgan fingerprint density at radius 3 is 2.38 bits per heavy atom. The van der Waals surface area contributed by atoms with E-state index in [1.54, 1.807) is 6.20 Å². The van der Waals surface area contributed by atoms with Crippen molar-refractivity contribution >= 4 is 28.6 Å². The van der Waals surface area contributed by atoms with Gasteiger partial charge in [0.25, 0.3) is 0 Å². The number of halogens is 1. The van der Waals surface area contributed by atoms with E-state index in [0.29, 0.717) is 22.7 Å². The van der Waals surface area contributed by atoms with Gasteiger partial charge in [-0.05, 0) is 87.1 Å². The number of anilines is 1. The van der Waals surface area contributed by atoms with Gasteiger partial charge in [0, 0.05) is 35.1 Å². The Bertz CT molecular complexity index is 1560. The number of rotatable bonds is 5. The lowest BCUT2D eigenvalue weighted by atomic mass is 10.1. The van der Waals surface area contributed by atoms with E-state index in [2.05, 4.69) is 44.5 Å². The molecule has 0 radical (unpaired) electrons. The van der Waals surface area contributed by atoms with Crippen molar-refractivity contribution < 1.29 is 0 Å². The lowest BCUT2D eigenvalue weighted by Gasteiger charge is -2.30. The van der Waals surface area contributed by atoms with Crippen LogP contribution in [-0.2, 0) is 6.54 Å². The second kappa shape index (κ2) is 13.0. The van der Waals surface area contributed by atoms with Gasteiger partial charge in [-0.25, -0.2) is 15.0 Å². The number of likely N-dealkylation sites (tertiary alicyclic amines) is 1. The van der Waals surface area contributed by atoms with Gasteiger partial charge in [-0.3, -0.25) is 9.47 Å². The molecule has 1 fully saturated rings. The van der Waals surface area contributed by atoms with Gasteiger partial charge in [0.05, 0.1) is 11.3 Å². The van der Waals surface area contributed by atoms with Crippen LogP contribution in [0.5, 0.6) is 0 Å². The van der Waals surface area contributed by atoms with Gasteiger partial charge < -0.3 is 17.2 Å². The molecule has 4 heterocycles. The third kappa shape index (κ3) is 6.16. The van der Waals surface area contributed by atoms with Crippen LogP contribution in [0.1, 0.15) is 25.8 Å². The molecule has 0 saturated carbocycles. The molecule has 6 N–H and O–H groups in total. The molecule has 2 aromatic carbocycles. The minimum absolute atomic E-state index is 0. The molecule has 0 bridgehead atoms. The van der Waals surface area contributed by atoms with Crippen LogP contribution in [0.25, 0.3) is 39.5 Å². The number of benzene rings is 2. The van der Waals surface area contributed by atoms with Crippen LogP contribution in [0, 0.1) is 0 Å². The lowest BCUT2D eigenvalue weighted by molar-refractivity contribution is 0.205. The van der Waals surface area contributed by atoms with Gasteiger partial charge in [0.2, 0.25) is 0 Å². The largest absolute Gasteiger partial charge is 0.383 e. The maximum Gasteiger partial charge on any atom is 0.165 e. The van der Waals surface area contributed by atoms with E-state index in [1.165, 1.54) is 12.6 Å². The van der Waals surface area contributed by atoms with Crippen molar-refractivity contribution in [2.45, 2.75) is 32.9 Å². The van der Waals surface area contributed by atoms with Crippen LogP contribution in [0.4, 0.5) is 5.82 Å². The Balaban J connectivity index is 0.00000121. The summed E-state index contributed by atoms with van der Waals surface area (Å²) >= 11 is 6.26. The van der Waals surface area contributed by atoms with E-state index in [0.717, 1.165) is 66.1 Å². The van der Waals surface area contributed by atoms with Crippen molar-refractivity contribution in [2.24, 2.45) is 11.5 Å². The first-order valence-corrected chi connectivity index (χ1v) is 13.4. The van der Waals surface area contributed by atoms with Gasteiger partial charge in [0.1, 0.15) is 11.3 Å². The van der Waals surface area contributed by atoms with E-state index in [4.69, 9.17) is 33.0 Å². The minimum Gasteiger partial charge on any atom is -0.383 e. The molecule has 0 spiro atoms. The maximum atomic E-state index is 6.28. The fourth-order valence-electron chi connectivity index (χ4n) is 4.92. The van der Waals surface area contributed by atoms with Gasteiger partial charge in [-0.15, -0.1) is 0 Å².